The summed E-state index contributed by atoms with van der Waals surface area (Å²) in [7, 11) is 0. The zero-order valence-electron chi connectivity index (χ0n) is 17.7. The summed E-state index contributed by atoms with van der Waals surface area (Å²) in [5.74, 6) is 0.234. The van der Waals surface area contributed by atoms with Gasteiger partial charge < -0.3 is 4.90 Å². The van der Waals surface area contributed by atoms with Crippen LogP contribution < -0.4 is 0 Å². The fraction of sp³-hybridized carbons (Fsp3) is 0.478. The van der Waals surface area contributed by atoms with Crippen molar-refractivity contribution in [3.8, 4) is 0 Å². The molecular formula is C23H27N5O2. The number of aromatic amines is 1. The minimum Gasteiger partial charge on any atom is -0.339 e. The smallest absolute Gasteiger partial charge is 0.253 e. The molecule has 0 bridgehead atoms. The molecule has 7 heteroatoms. The molecule has 1 amide bonds. The molecule has 1 spiro atoms. The second-order valence-electron chi connectivity index (χ2n) is 9.84. The monoisotopic (exact) mass is 405 g/mol. The first-order chi connectivity index (χ1) is 14.3. The average molecular weight is 406 g/mol. The van der Waals surface area contributed by atoms with Crippen molar-refractivity contribution in [1.82, 2.24) is 24.9 Å². The predicted molar refractivity (Wildman–Crippen MR) is 114 cm³/mol. The Kier molecular flexibility index (Phi) is 4.14. The van der Waals surface area contributed by atoms with Crippen molar-refractivity contribution in [3.05, 3.63) is 47.4 Å². The van der Waals surface area contributed by atoms with Crippen LogP contribution in [-0.2, 0) is 12.0 Å². The molecule has 3 aromatic rings. The van der Waals surface area contributed by atoms with E-state index in [1.54, 1.807) is 6.20 Å². The molecule has 1 aromatic carbocycles. The maximum absolute atomic E-state index is 13.1. The Morgan fingerprint density at radius 3 is 2.63 bits per heavy atom. The summed E-state index contributed by atoms with van der Waals surface area (Å²) in [5, 5.41) is 12.5. The van der Waals surface area contributed by atoms with Crippen LogP contribution in [0.2, 0.25) is 0 Å². The molecule has 1 saturated heterocycles. The number of carbonyl (C=O) groups excluding carboxylic acids is 2. The van der Waals surface area contributed by atoms with Crippen LogP contribution in [0.1, 0.15) is 66.4 Å². The highest BCUT2D eigenvalue weighted by atomic mass is 16.2. The van der Waals surface area contributed by atoms with Gasteiger partial charge in [0, 0.05) is 36.0 Å². The van der Waals surface area contributed by atoms with Gasteiger partial charge in [-0.2, -0.15) is 10.2 Å². The predicted octanol–water partition coefficient (Wildman–Crippen LogP) is 3.57. The van der Waals surface area contributed by atoms with Crippen molar-refractivity contribution >= 4 is 22.6 Å². The summed E-state index contributed by atoms with van der Waals surface area (Å²) >= 11 is 0. The zero-order valence-corrected chi connectivity index (χ0v) is 17.7. The lowest BCUT2D eigenvalue weighted by atomic mass is 9.67. The van der Waals surface area contributed by atoms with Gasteiger partial charge in [0.2, 0.25) is 0 Å². The van der Waals surface area contributed by atoms with Gasteiger partial charge in [-0.25, -0.2) is 0 Å². The molecule has 30 heavy (non-hydrogen) atoms. The third kappa shape index (κ3) is 3.04. The first-order valence-electron chi connectivity index (χ1n) is 10.6. The Balaban J connectivity index is 1.32. The number of likely N-dealkylation sites (tertiary alicyclic amines) is 1. The highest BCUT2D eigenvalue weighted by molar-refractivity contribution is 5.98. The molecule has 0 saturated carbocycles. The maximum atomic E-state index is 13.1. The van der Waals surface area contributed by atoms with Crippen LogP contribution in [-0.4, -0.2) is 49.7 Å². The topological polar surface area (TPSA) is 83.9 Å². The highest BCUT2D eigenvalue weighted by Gasteiger charge is 2.44. The molecule has 5 rings (SSSR count). The Labute approximate surface area is 175 Å². The molecule has 0 atom stereocenters. The van der Waals surface area contributed by atoms with Gasteiger partial charge in [0.1, 0.15) is 5.69 Å². The fourth-order valence-electron chi connectivity index (χ4n) is 5.00. The number of carbonyl (C=O) groups is 2. The average Bonchev–Trinajstić information content (AvgIpc) is 3.34. The van der Waals surface area contributed by atoms with E-state index in [-0.39, 0.29) is 22.6 Å². The van der Waals surface area contributed by atoms with E-state index in [9.17, 15) is 9.59 Å². The van der Waals surface area contributed by atoms with Crippen LogP contribution >= 0.6 is 0 Å². The molecule has 1 aliphatic heterocycles. The van der Waals surface area contributed by atoms with E-state index in [4.69, 9.17) is 0 Å². The molecular weight excluding hydrogens is 378 g/mol. The molecule has 0 unspecified atom stereocenters. The van der Waals surface area contributed by atoms with Crippen LogP contribution in [0.4, 0.5) is 0 Å². The first-order valence-corrected chi connectivity index (χ1v) is 10.6. The van der Waals surface area contributed by atoms with Gasteiger partial charge in [0.05, 0.1) is 23.4 Å². The summed E-state index contributed by atoms with van der Waals surface area (Å²) in [6, 6.07) is 5.65. The number of rotatable bonds is 1. The van der Waals surface area contributed by atoms with Gasteiger partial charge in [0.25, 0.3) is 5.91 Å². The Morgan fingerprint density at radius 2 is 1.90 bits per heavy atom. The largest absolute Gasteiger partial charge is 0.339 e. The highest BCUT2D eigenvalue weighted by Crippen LogP contribution is 2.44. The number of fused-ring (bicyclic) bond motifs is 2. The van der Waals surface area contributed by atoms with Gasteiger partial charge in [-0.15, -0.1) is 0 Å². The van der Waals surface area contributed by atoms with Crippen molar-refractivity contribution < 1.29 is 9.59 Å². The van der Waals surface area contributed by atoms with Crippen molar-refractivity contribution in [3.63, 3.8) is 0 Å². The van der Waals surface area contributed by atoms with Crippen molar-refractivity contribution in [2.24, 2.45) is 5.41 Å². The summed E-state index contributed by atoms with van der Waals surface area (Å²) < 4.78 is 1.88. The summed E-state index contributed by atoms with van der Waals surface area (Å²) in [6.45, 7) is 7.57. The van der Waals surface area contributed by atoms with E-state index in [1.807, 2.05) is 34.0 Å². The van der Waals surface area contributed by atoms with Crippen LogP contribution in [0, 0.1) is 5.41 Å². The summed E-state index contributed by atoms with van der Waals surface area (Å²) in [6.07, 6.45) is 6.73. The lowest BCUT2D eigenvalue weighted by Crippen LogP contribution is -2.46. The molecule has 1 N–H and O–H groups in total. The van der Waals surface area contributed by atoms with Crippen molar-refractivity contribution in [1.29, 1.82) is 0 Å². The number of aromatic nitrogens is 4. The van der Waals surface area contributed by atoms with Crippen LogP contribution in [0.3, 0.4) is 0 Å². The number of amides is 1. The zero-order chi connectivity index (χ0) is 21.1. The van der Waals surface area contributed by atoms with Crippen molar-refractivity contribution in [2.45, 2.75) is 52.0 Å². The second-order valence-corrected chi connectivity index (χ2v) is 9.84. The number of nitrogens with zero attached hydrogens (tertiary/aromatic N) is 4. The summed E-state index contributed by atoms with van der Waals surface area (Å²) in [4.78, 5) is 28.0. The number of piperidine rings is 1. The minimum absolute atomic E-state index is 0.0460. The molecule has 2 aromatic heterocycles. The lowest BCUT2D eigenvalue weighted by Gasteiger charge is -2.43. The summed E-state index contributed by atoms with van der Waals surface area (Å²) in [5.41, 5.74) is 3.12. The van der Waals surface area contributed by atoms with Crippen molar-refractivity contribution in [2.75, 3.05) is 13.1 Å². The fourth-order valence-corrected chi connectivity index (χ4v) is 5.00. The second kappa shape index (κ2) is 6.52. The van der Waals surface area contributed by atoms with Crippen LogP contribution in [0.15, 0.2) is 30.6 Å². The number of ketones is 1. The normalized spacial score (nSPS) is 18.8. The maximum Gasteiger partial charge on any atom is 0.253 e. The molecule has 1 fully saturated rings. The standard InChI is InChI=1S/C23H27N5O2/c1-22(2,3)28-20-17(14-25-28)11-23(12-19(20)29)6-8-27(9-7-23)21(30)15-4-5-16-13-24-26-18(16)10-15/h4-5,10,13-14H,6-9,11-12H2,1-3H3,(H,24,26). The van der Waals surface area contributed by atoms with E-state index in [0.717, 1.165) is 41.4 Å². The molecule has 2 aliphatic rings. The van der Waals surface area contributed by atoms with Gasteiger partial charge in [0.15, 0.2) is 5.78 Å². The SMILES string of the molecule is CC(C)(C)n1ncc2c1C(=O)CC1(CCN(C(=O)c3ccc4cn[nH]c4c3)CC1)C2. The number of nitrogens with one attached hydrogen (secondary N) is 1. The number of hydrogen-bond donors (Lipinski definition) is 1. The number of benzene rings is 1. The quantitative estimate of drug-likeness (QED) is 0.671. The van der Waals surface area contributed by atoms with Gasteiger partial charge >= 0.3 is 0 Å². The first kappa shape index (κ1) is 19.0. The molecule has 7 nitrogen and oxygen atoms in total. The van der Waals surface area contributed by atoms with Gasteiger partial charge in [-0.1, -0.05) is 6.07 Å². The Bertz CT molecular complexity index is 1140. The van der Waals surface area contributed by atoms with Gasteiger partial charge in [-0.3, -0.25) is 19.4 Å². The Hall–Kier alpha value is -2.96. The van der Waals surface area contributed by atoms with E-state index in [2.05, 4.69) is 36.1 Å². The number of H-pyrrole nitrogens is 1. The number of Topliss-reactive ketones (excluding diaryl/α,β-unsaturated/α-hetero) is 1. The third-order valence-electron chi connectivity index (χ3n) is 6.65. The minimum atomic E-state index is -0.209. The third-order valence-corrected chi connectivity index (χ3v) is 6.65. The van der Waals surface area contributed by atoms with E-state index >= 15 is 0 Å². The van der Waals surface area contributed by atoms with E-state index in [1.165, 1.54) is 0 Å². The van der Waals surface area contributed by atoms with Crippen LogP contribution in [0.25, 0.3) is 10.9 Å². The molecule has 0 radical (unpaired) electrons. The lowest BCUT2D eigenvalue weighted by molar-refractivity contribution is 0.0515. The molecule has 3 heterocycles. The van der Waals surface area contributed by atoms with Crippen LogP contribution in [0.5, 0.6) is 0 Å². The number of hydrogen-bond acceptors (Lipinski definition) is 4. The van der Waals surface area contributed by atoms with E-state index in [0.29, 0.717) is 25.1 Å². The molecule has 1 aliphatic carbocycles. The van der Waals surface area contributed by atoms with E-state index < -0.39 is 0 Å². The molecule has 156 valence electrons. The van der Waals surface area contributed by atoms with Gasteiger partial charge in [-0.05, 0) is 57.6 Å². The Morgan fingerprint density at radius 1 is 1.13 bits per heavy atom.